The molecular formula is C30H35N3O3. The van der Waals surface area contributed by atoms with E-state index in [9.17, 15) is 14.4 Å². The molecule has 0 radical (unpaired) electrons. The maximum atomic E-state index is 13.5. The maximum Gasteiger partial charge on any atom is 0.258 e. The molecule has 6 nitrogen and oxygen atoms in total. The molecule has 1 unspecified atom stereocenters. The van der Waals surface area contributed by atoms with Crippen molar-refractivity contribution in [2.45, 2.75) is 58.5 Å². The van der Waals surface area contributed by atoms with Crippen LogP contribution in [0, 0.1) is 0 Å². The molecule has 4 rings (SSSR count). The van der Waals surface area contributed by atoms with Gasteiger partial charge in [0.05, 0.1) is 5.69 Å². The van der Waals surface area contributed by atoms with E-state index in [4.69, 9.17) is 0 Å². The lowest BCUT2D eigenvalue weighted by atomic mass is 10.1. The van der Waals surface area contributed by atoms with E-state index in [0.717, 1.165) is 40.4 Å². The van der Waals surface area contributed by atoms with Crippen molar-refractivity contribution in [3.05, 3.63) is 77.9 Å². The number of nitrogens with one attached hydrogen (secondary N) is 1. The van der Waals surface area contributed by atoms with E-state index in [2.05, 4.69) is 12.2 Å². The fourth-order valence-electron chi connectivity index (χ4n) is 4.94. The van der Waals surface area contributed by atoms with Gasteiger partial charge < -0.3 is 15.1 Å². The van der Waals surface area contributed by atoms with E-state index in [1.807, 2.05) is 73.7 Å². The largest absolute Gasteiger partial charge is 0.354 e. The Morgan fingerprint density at radius 3 is 2.42 bits per heavy atom. The molecule has 6 heteroatoms. The van der Waals surface area contributed by atoms with Crippen LogP contribution in [-0.4, -0.2) is 41.8 Å². The van der Waals surface area contributed by atoms with Crippen molar-refractivity contribution in [3.8, 4) is 0 Å². The van der Waals surface area contributed by atoms with Crippen molar-refractivity contribution in [2.75, 3.05) is 18.0 Å². The number of carbonyl (C=O) groups excluding carboxylic acids is 3. The van der Waals surface area contributed by atoms with E-state index >= 15 is 0 Å². The summed E-state index contributed by atoms with van der Waals surface area (Å²) in [5.74, 6) is -0.192. The summed E-state index contributed by atoms with van der Waals surface area (Å²) in [7, 11) is 0. The molecule has 0 aromatic heterocycles. The Kier molecular flexibility index (Phi) is 8.36. The molecule has 0 aliphatic carbocycles. The molecule has 3 aromatic carbocycles. The van der Waals surface area contributed by atoms with Crippen LogP contribution in [0.15, 0.2) is 66.7 Å². The number of anilines is 1. The predicted molar refractivity (Wildman–Crippen MR) is 144 cm³/mol. The monoisotopic (exact) mass is 485 g/mol. The van der Waals surface area contributed by atoms with Crippen molar-refractivity contribution in [1.29, 1.82) is 0 Å². The minimum absolute atomic E-state index is 0.0165. The first-order valence-corrected chi connectivity index (χ1v) is 13.0. The zero-order valence-corrected chi connectivity index (χ0v) is 21.2. The molecule has 0 spiro atoms. The number of nitrogens with zero attached hydrogens (tertiary/aromatic N) is 2. The summed E-state index contributed by atoms with van der Waals surface area (Å²) in [5.41, 5.74) is 2.61. The van der Waals surface area contributed by atoms with E-state index in [0.29, 0.717) is 32.5 Å². The summed E-state index contributed by atoms with van der Waals surface area (Å²) in [5, 5.41) is 5.03. The van der Waals surface area contributed by atoms with Crippen molar-refractivity contribution < 1.29 is 14.4 Å². The number of hydrogen-bond acceptors (Lipinski definition) is 3. The zero-order chi connectivity index (χ0) is 25.5. The van der Waals surface area contributed by atoms with Crippen LogP contribution in [0.2, 0.25) is 0 Å². The van der Waals surface area contributed by atoms with Gasteiger partial charge in [-0.2, -0.15) is 0 Å². The van der Waals surface area contributed by atoms with Crippen LogP contribution in [0.4, 0.5) is 5.69 Å². The first-order valence-electron chi connectivity index (χ1n) is 13.0. The summed E-state index contributed by atoms with van der Waals surface area (Å²) in [6.45, 7) is 5.47. The van der Waals surface area contributed by atoms with Crippen LogP contribution in [-0.2, 0) is 16.1 Å². The summed E-state index contributed by atoms with van der Waals surface area (Å²) in [4.78, 5) is 43.0. The third kappa shape index (κ3) is 5.43. The van der Waals surface area contributed by atoms with Gasteiger partial charge in [-0.1, -0.05) is 74.9 Å². The molecule has 0 bridgehead atoms. The Morgan fingerprint density at radius 1 is 0.944 bits per heavy atom. The fraction of sp³-hybridized carbons (Fsp3) is 0.367. The molecule has 3 aromatic rings. The van der Waals surface area contributed by atoms with Gasteiger partial charge in [0.2, 0.25) is 11.8 Å². The van der Waals surface area contributed by atoms with E-state index in [-0.39, 0.29) is 24.1 Å². The average Bonchev–Trinajstić information content (AvgIpc) is 3.17. The highest BCUT2D eigenvalue weighted by Crippen LogP contribution is 2.37. The van der Waals surface area contributed by atoms with Gasteiger partial charge in [-0.15, -0.1) is 0 Å². The molecule has 1 atom stereocenters. The second-order valence-electron chi connectivity index (χ2n) is 9.32. The van der Waals surface area contributed by atoms with Crippen LogP contribution in [0.25, 0.3) is 10.8 Å². The Labute approximate surface area is 213 Å². The van der Waals surface area contributed by atoms with Crippen molar-refractivity contribution >= 4 is 34.2 Å². The summed E-state index contributed by atoms with van der Waals surface area (Å²) >= 11 is 0. The van der Waals surface area contributed by atoms with E-state index in [1.54, 1.807) is 9.80 Å². The average molecular weight is 486 g/mol. The molecule has 1 aliphatic rings. The van der Waals surface area contributed by atoms with Crippen LogP contribution < -0.4 is 10.2 Å². The van der Waals surface area contributed by atoms with E-state index < -0.39 is 6.04 Å². The Morgan fingerprint density at radius 2 is 1.69 bits per heavy atom. The highest BCUT2D eigenvalue weighted by molar-refractivity contribution is 6.25. The minimum Gasteiger partial charge on any atom is -0.354 e. The third-order valence-corrected chi connectivity index (χ3v) is 6.83. The number of rotatable bonds is 12. The first kappa shape index (κ1) is 25.4. The Hall–Kier alpha value is -3.67. The van der Waals surface area contributed by atoms with Crippen LogP contribution in [0.3, 0.4) is 0 Å². The zero-order valence-electron chi connectivity index (χ0n) is 21.2. The van der Waals surface area contributed by atoms with Crippen LogP contribution >= 0.6 is 0 Å². The third-order valence-electron chi connectivity index (χ3n) is 6.83. The van der Waals surface area contributed by atoms with Gasteiger partial charge in [-0.3, -0.25) is 14.4 Å². The van der Waals surface area contributed by atoms with Gasteiger partial charge in [0.15, 0.2) is 0 Å². The number of unbranched alkanes of at least 4 members (excludes halogenated alkanes) is 1. The summed E-state index contributed by atoms with van der Waals surface area (Å²) < 4.78 is 0. The van der Waals surface area contributed by atoms with Crippen LogP contribution in [0.1, 0.15) is 61.9 Å². The van der Waals surface area contributed by atoms with Crippen molar-refractivity contribution in [3.63, 3.8) is 0 Å². The molecule has 0 saturated carbocycles. The van der Waals surface area contributed by atoms with Gasteiger partial charge in [0.1, 0.15) is 6.04 Å². The second kappa shape index (κ2) is 11.8. The molecule has 36 heavy (non-hydrogen) atoms. The van der Waals surface area contributed by atoms with Gasteiger partial charge in [0.25, 0.3) is 5.91 Å². The van der Waals surface area contributed by atoms with Crippen LogP contribution in [0.5, 0.6) is 0 Å². The number of benzene rings is 3. The number of amides is 3. The Balaban J connectivity index is 1.45. The molecule has 0 fully saturated rings. The molecule has 1 N–H and O–H groups in total. The molecule has 3 amide bonds. The number of hydrogen-bond donors (Lipinski definition) is 1. The fourth-order valence-corrected chi connectivity index (χ4v) is 4.94. The SMILES string of the molecule is CCCCNC(=O)C(CC)N(Cc1ccccc1)C(=O)CCCN1C(=O)c2cccc3cccc1c23. The Bertz CT molecular complexity index is 1220. The normalized spacial score (nSPS) is 13.2. The maximum absolute atomic E-state index is 13.5. The summed E-state index contributed by atoms with van der Waals surface area (Å²) in [6.07, 6.45) is 3.23. The van der Waals surface area contributed by atoms with Gasteiger partial charge in [0, 0.05) is 37.0 Å². The minimum atomic E-state index is -0.527. The van der Waals surface area contributed by atoms with Crippen molar-refractivity contribution in [2.24, 2.45) is 0 Å². The first-order chi connectivity index (χ1) is 17.5. The smallest absolute Gasteiger partial charge is 0.258 e. The van der Waals surface area contributed by atoms with E-state index in [1.165, 1.54) is 0 Å². The predicted octanol–water partition coefficient (Wildman–Crippen LogP) is 5.30. The molecule has 188 valence electrons. The van der Waals surface area contributed by atoms with Crippen molar-refractivity contribution in [1.82, 2.24) is 10.2 Å². The molecule has 1 heterocycles. The number of carbonyl (C=O) groups is 3. The second-order valence-corrected chi connectivity index (χ2v) is 9.32. The quantitative estimate of drug-likeness (QED) is 0.354. The lowest BCUT2D eigenvalue weighted by Crippen LogP contribution is -2.49. The standard InChI is InChI=1S/C30H35N3O3/c1-3-5-19-31-29(35)25(4-2)33(21-22-12-7-6-8-13-22)27(34)18-11-20-32-26-17-10-15-23-14-9-16-24(28(23)26)30(32)36/h6-10,12-17,25H,3-5,11,18-21H2,1-2H3,(H,31,35). The van der Waals surface area contributed by atoms with Gasteiger partial charge in [-0.25, -0.2) is 0 Å². The highest BCUT2D eigenvalue weighted by atomic mass is 16.2. The molecule has 0 saturated heterocycles. The highest BCUT2D eigenvalue weighted by Gasteiger charge is 2.31. The topological polar surface area (TPSA) is 69.7 Å². The lowest BCUT2D eigenvalue weighted by molar-refractivity contribution is -0.141. The summed E-state index contributed by atoms with van der Waals surface area (Å²) in [6, 6.07) is 21.0. The van der Waals surface area contributed by atoms with Gasteiger partial charge in [-0.05, 0) is 42.3 Å². The van der Waals surface area contributed by atoms with Gasteiger partial charge >= 0.3 is 0 Å². The molecular weight excluding hydrogens is 450 g/mol. The lowest BCUT2D eigenvalue weighted by Gasteiger charge is -2.31. The molecule has 1 aliphatic heterocycles.